The lowest BCUT2D eigenvalue weighted by Crippen LogP contribution is -2.21. The molecule has 0 atom stereocenters. The maximum Gasteiger partial charge on any atom is 0.250 e. The van der Waals surface area contributed by atoms with Gasteiger partial charge in [0.1, 0.15) is 0 Å². The van der Waals surface area contributed by atoms with Crippen LogP contribution in [0, 0.1) is 0 Å². The molecule has 2 N–H and O–H groups in total. The number of thioether (sulfide) groups is 1. The third kappa shape index (κ3) is 6.44. The van der Waals surface area contributed by atoms with E-state index in [1.807, 2.05) is 30.3 Å². The van der Waals surface area contributed by atoms with Gasteiger partial charge in [0.05, 0.1) is 17.7 Å². The van der Waals surface area contributed by atoms with Crippen molar-refractivity contribution in [2.24, 2.45) is 5.10 Å². The molecule has 24 heavy (non-hydrogen) atoms. The zero-order chi connectivity index (χ0) is 17.2. The Balaban J connectivity index is 1.66. The van der Waals surface area contributed by atoms with E-state index in [0.717, 1.165) is 5.69 Å². The van der Waals surface area contributed by atoms with E-state index < -0.39 is 0 Å². The molecule has 124 valence electrons. The first-order chi connectivity index (χ1) is 11.6. The van der Waals surface area contributed by atoms with E-state index in [4.69, 9.17) is 11.6 Å². The molecular formula is C17H16ClN3O2S. The van der Waals surface area contributed by atoms with Crippen LogP contribution in [-0.4, -0.2) is 29.5 Å². The normalized spacial score (nSPS) is 10.5. The van der Waals surface area contributed by atoms with Crippen molar-refractivity contribution in [1.29, 1.82) is 0 Å². The van der Waals surface area contributed by atoms with Crippen molar-refractivity contribution in [3.63, 3.8) is 0 Å². The SMILES string of the molecule is O=C(CSCC(=O)Nc1ccccc1)NN=Cc1ccccc1Cl. The minimum atomic E-state index is -0.282. The smallest absolute Gasteiger partial charge is 0.250 e. The Morgan fingerprint density at radius 2 is 1.67 bits per heavy atom. The summed E-state index contributed by atoms with van der Waals surface area (Å²) in [6.45, 7) is 0. The molecule has 2 rings (SSSR count). The second-order valence-electron chi connectivity index (χ2n) is 4.72. The summed E-state index contributed by atoms with van der Waals surface area (Å²) >= 11 is 7.19. The fourth-order valence-electron chi connectivity index (χ4n) is 1.74. The summed E-state index contributed by atoms with van der Waals surface area (Å²) in [5.74, 6) is -0.104. The molecule has 0 spiro atoms. The van der Waals surface area contributed by atoms with Gasteiger partial charge in [-0.3, -0.25) is 9.59 Å². The van der Waals surface area contributed by atoms with Gasteiger partial charge >= 0.3 is 0 Å². The molecule has 2 amide bonds. The summed E-state index contributed by atoms with van der Waals surface area (Å²) < 4.78 is 0. The van der Waals surface area contributed by atoms with Crippen LogP contribution >= 0.6 is 23.4 Å². The number of para-hydroxylation sites is 1. The summed E-state index contributed by atoms with van der Waals surface area (Å²) in [5, 5.41) is 7.15. The molecule has 0 fully saturated rings. The number of nitrogens with one attached hydrogen (secondary N) is 2. The quantitative estimate of drug-likeness (QED) is 0.587. The number of carbonyl (C=O) groups is 2. The second-order valence-corrected chi connectivity index (χ2v) is 6.11. The molecule has 0 unspecified atom stereocenters. The van der Waals surface area contributed by atoms with Crippen LogP contribution in [0.3, 0.4) is 0 Å². The third-order valence-corrected chi connectivity index (χ3v) is 4.10. The van der Waals surface area contributed by atoms with Crippen molar-refractivity contribution in [1.82, 2.24) is 5.43 Å². The first-order valence-electron chi connectivity index (χ1n) is 7.14. The number of hydrogen-bond donors (Lipinski definition) is 2. The van der Waals surface area contributed by atoms with Crippen molar-refractivity contribution < 1.29 is 9.59 Å². The number of halogens is 1. The number of hydrazone groups is 1. The molecule has 0 aliphatic rings. The van der Waals surface area contributed by atoms with Gasteiger partial charge in [-0.15, -0.1) is 11.8 Å². The van der Waals surface area contributed by atoms with Gasteiger partial charge in [0.25, 0.3) is 0 Å². The van der Waals surface area contributed by atoms with Crippen molar-refractivity contribution in [3.05, 3.63) is 65.2 Å². The first kappa shape index (κ1) is 18.0. The van der Waals surface area contributed by atoms with E-state index in [0.29, 0.717) is 10.6 Å². The van der Waals surface area contributed by atoms with Crippen LogP contribution in [0.25, 0.3) is 0 Å². The number of benzene rings is 2. The number of carbonyl (C=O) groups excluding carboxylic acids is 2. The Morgan fingerprint density at radius 3 is 2.42 bits per heavy atom. The molecule has 0 aromatic heterocycles. The minimum absolute atomic E-state index is 0.141. The van der Waals surface area contributed by atoms with Crippen LogP contribution in [0.4, 0.5) is 5.69 Å². The molecule has 0 aliphatic carbocycles. The average molecular weight is 362 g/mol. The topological polar surface area (TPSA) is 70.6 Å². The van der Waals surface area contributed by atoms with E-state index >= 15 is 0 Å². The number of nitrogens with zero attached hydrogens (tertiary/aromatic N) is 1. The number of amides is 2. The van der Waals surface area contributed by atoms with Crippen LogP contribution in [0.15, 0.2) is 59.7 Å². The van der Waals surface area contributed by atoms with Crippen molar-refractivity contribution in [2.75, 3.05) is 16.8 Å². The van der Waals surface area contributed by atoms with Crippen molar-refractivity contribution >= 4 is 47.1 Å². The summed E-state index contributed by atoms with van der Waals surface area (Å²) in [5.41, 5.74) is 3.85. The monoisotopic (exact) mass is 361 g/mol. The molecule has 2 aromatic carbocycles. The Labute approximate surface area is 149 Å². The zero-order valence-electron chi connectivity index (χ0n) is 12.7. The molecule has 0 bridgehead atoms. The Kier molecular flexibility index (Phi) is 7.32. The largest absolute Gasteiger partial charge is 0.325 e. The summed E-state index contributed by atoms with van der Waals surface area (Å²) in [7, 11) is 0. The van der Waals surface area contributed by atoms with E-state index in [2.05, 4.69) is 15.8 Å². The fraction of sp³-hybridized carbons (Fsp3) is 0.118. The standard InChI is InChI=1S/C17H16ClN3O2S/c18-15-9-5-4-6-13(15)10-19-21-17(23)12-24-11-16(22)20-14-7-2-1-3-8-14/h1-10H,11-12H2,(H,20,22)(H,21,23). The lowest BCUT2D eigenvalue weighted by molar-refractivity contribution is -0.118. The van der Waals surface area contributed by atoms with Gasteiger partial charge in [-0.25, -0.2) is 5.43 Å². The van der Waals surface area contributed by atoms with Crippen LogP contribution in [0.2, 0.25) is 5.02 Å². The predicted molar refractivity (Wildman–Crippen MR) is 99.6 cm³/mol. The summed E-state index contributed by atoms with van der Waals surface area (Å²) in [6, 6.07) is 16.3. The van der Waals surface area contributed by atoms with Gasteiger partial charge in [-0.2, -0.15) is 5.10 Å². The maximum absolute atomic E-state index is 11.7. The van der Waals surface area contributed by atoms with Gasteiger partial charge in [0, 0.05) is 16.3 Å². The van der Waals surface area contributed by atoms with Crippen molar-refractivity contribution in [2.45, 2.75) is 0 Å². The van der Waals surface area contributed by atoms with Gasteiger partial charge in [0.2, 0.25) is 11.8 Å². The van der Waals surface area contributed by atoms with Crippen LogP contribution in [0.1, 0.15) is 5.56 Å². The Bertz CT molecular complexity index is 723. The van der Waals surface area contributed by atoms with E-state index in [1.54, 1.807) is 24.3 Å². The number of rotatable bonds is 7. The van der Waals surface area contributed by atoms with E-state index in [-0.39, 0.29) is 23.3 Å². The zero-order valence-corrected chi connectivity index (χ0v) is 14.3. The molecular weight excluding hydrogens is 346 g/mol. The van der Waals surface area contributed by atoms with Gasteiger partial charge in [-0.1, -0.05) is 48.0 Å². The van der Waals surface area contributed by atoms with Gasteiger partial charge in [-0.05, 0) is 18.2 Å². The predicted octanol–water partition coefficient (Wildman–Crippen LogP) is 3.16. The van der Waals surface area contributed by atoms with Gasteiger partial charge < -0.3 is 5.32 Å². The first-order valence-corrected chi connectivity index (χ1v) is 8.67. The highest BCUT2D eigenvalue weighted by Crippen LogP contribution is 2.12. The molecule has 0 heterocycles. The van der Waals surface area contributed by atoms with Crippen LogP contribution in [-0.2, 0) is 9.59 Å². The van der Waals surface area contributed by atoms with Gasteiger partial charge in [0.15, 0.2) is 0 Å². The molecule has 0 radical (unpaired) electrons. The number of hydrogen-bond acceptors (Lipinski definition) is 4. The summed E-state index contributed by atoms with van der Waals surface area (Å²) in [6.07, 6.45) is 1.48. The van der Waals surface area contributed by atoms with E-state index in [1.165, 1.54) is 18.0 Å². The molecule has 2 aromatic rings. The maximum atomic E-state index is 11.7. The molecule has 5 nitrogen and oxygen atoms in total. The Hall–Kier alpha value is -2.31. The fourth-order valence-corrected chi connectivity index (χ4v) is 2.53. The minimum Gasteiger partial charge on any atom is -0.325 e. The highest BCUT2D eigenvalue weighted by atomic mass is 35.5. The lowest BCUT2D eigenvalue weighted by atomic mass is 10.2. The third-order valence-electron chi connectivity index (χ3n) is 2.82. The average Bonchev–Trinajstić information content (AvgIpc) is 2.57. The van der Waals surface area contributed by atoms with Crippen LogP contribution < -0.4 is 10.7 Å². The Morgan fingerprint density at radius 1 is 1.00 bits per heavy atom. The second kappa shape index (κ2) is 9.75. The van der Waals surface area contributed by atoms with Crippen molar-refractivity contribution in [3.8, 4) is 0 Å². The highest BCUT2D eigenvalue weighted by molar-refractivity contribution is 8.00. The lowest BCUT2D eigenvalue weighted by Gasteiger charge is -2.04. The molecule has 7 heteroatoms. The number of anilines is 1. The summed E-state index contributed by atoms with van der Waals surface area (Å²) in [4.78, 5) is 23.4. The van der Waals surface area contributed by atoms with Crippen LogP contribution in [0.5, 0.6) is 0 Å². The molecule has 0 saturated heterocycles. The highest BCUT2D eigenvalue weighted by Gasteiger charge is 2.05. The molecule has 0 aliphatic heterocycles. The molecule has 0 saturated carbocycles. The van der Waals surface area contributed by atoms with E-state index in [9.17, 15) is 9.59 Å².